The van der Waals surface area contributed by atoms with Gasteiger partial charge in [0.25, 0.3) is 0 Å². The van der Waals surface area contributed by atoms with Gasteiger partial charge in [-0.1, -0.05) is 6.07 Å². The standard InChI is InChI=1S/C16H29N3O/c1-6-19(11-7-10-18(4)5)14-8-9-15(13(2)17-3)16(20)12-14/h8-9,12-13,17,20H,6-7,10-11H2,1-5H3. The van der Waals surface area contributed by atoms with Gasteiger partial charge < -0.3 is 20.2 Å². The number of aromatic hydroxyl groups is 1. The predicted octanol–water partition coefficient (Wildman–Crippen LogP) is 2.45. The molecule has 4 nitrogen and oxygen atoms in total. The van der Waals surface area contributed by atoms with E-state index in [9.17, 15) is 5.11 Å². The number of nitrogens with one attached hydrogen (secondary N) is 1. The summed E-state index contributed by atoms with van der Waals surface area (Å²) in [7, 11) is 6.09. The second kappa shape index (κ2) is 8.12. The highest BCUT2D eigenvalue weighted by Gasteiger charge is 2.11. The molecule has 2 N–H and O–H groups in total. The molecule has 1 rings (SSSR count). The molecule has 0 aliphatic heterocycles. The van der Waals surface area contributed by atoms with E-state index in [1.807, 2.05) is 26.1 Å². The van der Waals surface area contributed by atoms with Crippen LogP contribution in [0.5, 0.6) is 5.75 Å². The Bertz CT molecular complexity index is 407. The zero-order valence-corrected chi connectivity index (χ0v) is 13.5. The largest absolute Gasteiger partial charge is 0.508 e. The number of anilines is 1. The van der Waals surface area contributed by atoms with Crippen LogP contribution in [0.15, 0.2) is 18.2 Å². The summed E-state index contributed by atoms with van der Waals surface area (Å²) < 4.78 is 0. The highest BCUT2D eigenvalue weighted by molar-refractivity contribution is 5.54. The van der Waals surface area contributed by atoms with E-state index in [1.165, 1.54) is 0 Å². The van der Waals surface area contributed by atoms with Crippen LogP contribution in [0, 0.1) is 0 Å². The zero-order chi connectivity index (χ0) is 15.1. The molecule has 1 atom stereocenters. The highest BCUT2D eigenvalue weighted by atomic mass is 16.3. The molecule has 0 heterocycles. The number of benzene rings is 1. The third-order valence-electron chi connectivity index (χ3n) is 3.69. The average molecular weight is 279 g/mol. The van der Waals surface area contributed by atoms with Crippen LogP contribution in [0.3, 0.4) is 0 Å². The number of phenolic OH excluding ortho intramolecular Hbond substituents is 1. The molecule has 0 radical (unpaired) electrons. The summed E-state index contributed by atoms with van der Waals surface area (Å²) in [6.45, 7) is 7.24. The molecule has 0 aromatic heterocycles. The first-order chi connectivity index (χ1) is 9.49. The molecule has 0 saturated heterocycles. The van der Waals surface area contributed by atoms with Crippen LogP contribution in [-0.4, -0.2) is 50.8 Å². The molecule has 20 heavy (non-hydrogen) atoms. The first-order valence-corrected chi connectivity index (χ1v) is 7.39. The van der Waals surface area contributed by atoms with Gasteiger partial charge in [0.2, 0.25) is 0 Å². The lowest BCUT2D eigenvalue weighted by Gasteiger charge is -2.25. The molecule has 0 fully saturated rings. The summed E-state index contributed by atoms with van der Waals surface area (Å²) in [5, 5.41) is 13.3. The van der Waals surface area contributed by atoms with Crippen molar-refractivity contribution in [2.45, 2.75) is 26.3 Å². The van der Waals surface area contributed by atoms with E-state index in [-0.39, 0.29) is 6.04 Å². The molecular formula is C16H29N3O. The smallest absolute Gasteiger partial charge is 0.122 e. The van der Waals surface area contributed by atoms with Crippen molar-refractivity contribution in [3.05, 3.63) is 23.8 Å². The molecule has 0 bridgehead atoms. The van der Waals surface area contributed by atoms with Crippen LogP contribution in [0.4, 0.5) is 5.69 Å². The minimum Gasteiger partial charge on any atom is -0.508 e. The quantitative estimate of drug-likeness (QED) is 0.767. The van der Waals surface area contributed by atoms with E-state index in [0.717, 1.165) is 37.3 Å². The van der Waals surface area contributed by atoms with Gasteiger partial charge >= 0.3 is 0 Å². The number of rotatable bonds is 8. The summed E-state index contributed by atoms with van der Waals surface area (Å²) in [6.07, 6.45) is 1.12. The van der Waals surface area contributed by atoms with E-state index in [2.05, 4.69) is 42.2 Å². The van der Waals surface area contributed by atoms with Crippen molar-refractivity contribution in [2.75, 3.05) is 45.7 Å². The normalized spacial score (nSPS) is 12.7. The molecule has 0 aliphatic carbocycles. The monoisotopic (exact) mass is 279 g/mol. The topological polar surface area (TPSA) is 38.7 Å². The van der Waals surface area contributed by atoms with Crippen LogP contribution in [0.1, 0.15) is 31.9 Å². The first-order valence-electron chi connectivity index (χ1n) is 7.39. The van der Waals surface area contributed by atoms with E-state index in [1.54, 1.807) is 0 Å². The van der Waals surface area contributed by atoms with Crippen molar-refractivity contribution in [1.29, 1.82) is 0 Å². The van der Waals surface area contributed by atoms with Crippen molar-refractivity contribution < 1.29 is 5.11 Å². The molecule has 114 valence electrons. The molecule has 4 heteroatoms. The summed E-state index contributed by atoms with van der Waals surface area (Å²) in [4.78, 5) is 4.50. The molecule has 0 aliphatic rings. The fourth-order valence-electron chi connectivity index (χ4n) is 2.30. The second-order valence-electron chi connectivity index (χ2n) is 5.49. The van der Waals surface area contributed by atoms with Crippen molar-refractivity contribution in [1.82, 2.24) is 10.2 Å². The maximum Gasteiger partial charge on any atom is 0.122 e. The Morgan fingerprint density at radius 2 is 1.95 bits per heavy atom. The summed E-state index contributed by atoms with van der Waals surface area (Å²) >= 11 is 0. The van der Waals surface area contributed by atoms with Gasteiger partial charge in [-0.15, -0.1) is 0 Å². The van der Waals surface area contributed by atoms with E-state index < -0.39 is 0 Å². The lowest BCUT2D eigenvalue weighted by molar-refractivity contribution is 0.400. The zero-order valence-electron chi connectivity index (χ0n) is 13.5. The van der Waals surface area contributed by atoms with E-state index in [0.29, 0.717) is 5.75 Å². The minimum atomic E-state index is 0.160. The van der Waals surface area contributed by atoms with Gasteiger partial charge in [0.15, 0.2) is 0 Å². The summed E-state index contributed by atoms with van der Waals surface area (Å²) in [6, 6.07) is 6.15. The van der Waals surface area contributed by atoms with Crippen molar-refractivity contribution in [3.8, 4) is 5.75 Å². The van der Waals surface area contributed by atoms with Crippen LogP contribution in [-0.2, 0) is 0 Å². The summed E-state index contributed by atoms with van der Waals surface area (Å²) in [5.41, 5.74) is 2.04. The lowest BCUT2D eigenvalue weighted by Crippen LogP contribution is -2.27. The van der Waals surface area contributed by atoms with Crippen LogP contribution in [0.25, 0.3) is 0 Å². The Labute approximate surface area is 123 Å². The molecule has 0 amide bonds. The van der Waals surface area contributed by atoms with Gasteiger partial charge in [-0.2, -0.15) is 0 Å². The minimum absolute atomic E-state index is 0.160. The number of hydrogen-bond donors (Lipinski definition) is 2. The molecule has 1 aromatic carbocycles. The van der Waals surface area contributed by atoms with Crippen LogP contribution >= 0.6 is 0 Å². The first kappa shape index (κ1) is 16.8. The summed E-state index contributed by atoms with van der Waals surface area (Å²) in [5.74, 6) is 0.371. The molecule has 1 unspecified atom stereocenters. The van der Waals surface area contributed by atoms with Gasteiger partial charge in [0, 0.05) is 36.4 Å². The maximum atomic E-state index is 10.2. The van der Waals surface area contributed by atoms with Gasteiger partial charge in [-0.25, -0.2) is 0 Å². The molecule has 1 aromatic rings. The third kappa shape index (κ3) is 4.69. The predicted molar refractivity (Wildman–Crippen MR) is 86.6 cm³/mol. The Morgan fingerprint density at radius 1 is 1.25 bits per heavy atom. The van der Waals surface area contributed by atoms with Crippen molar-refractivity contribution >= 4 is 5.69 Å². The second-order valence-corrected chi connectivity index (χ2v) is 5.49. The SMILES string of the molecule is CCN(CCCN(C)C)c1ccc(C(C)NC)c(O)c1. The maximum absolute atomic E-state index is 10.2. The van der Waals surface area contributed by atoms with Crippen molar-refractivity contribution in [3.63, 3.8) is 0 Å². The Kier molecular flexibility index (Phi) is 6.82. The fraction of sp³-hybridized carbons (Fsp3) is 0.625. The number of phenols is 1. The molecular weight excluding hydrogens is 250 g/mol. The Hall–Kier alpha value is -1.26. The van der Waals surface area contributed by atoms with Gasteiger partial charge in [0.1, 0.15) is 5.75 Å². The van der Waals surface area contributed by atoms with E-state index in [4.69, 9.17) is 0 Å². The van der Waals surface area contributed by atoms with Crippen LogP contribution in [0.2, 0.25) is 0 Å². The number of nitrogens with zero attached hydrogens (tertiary/aromatic N) is 2. The van der Waals surface area contributed by atoms with Gasteiger partial charge in [-0.3, -0.25) is 0 Å². The lowest BCUT2D eigenvalue weighted by atomic mass is 10.1. The highest BCUT2D eigenvalue weighted by Crippen LogP contribution is 2.28. The third-order valence-corrected chi connectivity index (χ3v) is 3.69. The Morgan fingerprint density at radius 3 is 2.45 bits per heavy atom. The molecule has 0 spiro atoms. The Balaban J connectivity index is 2.75. The number of hydrogen-bond acceptors (Lipinski definition) is 4. The fourth-order valence-corrected chi connectivity index (χ4v) is 2.30. The van der Waals surface area contributed by atoms with Crippen molar-refractivity contribution in [2.24, 2.45) is 0 Å². The van der Waals surface area contributed by atoms with Gasteiger partial charge in [0.05, 0.1) is 0 Å². The van der Waals surface area contributed by atoms with Gasteiger partial charge in [-0.05, 0) is 54.0 Å². The van der Waals surface area contributed by atoms with E-state index >= 15 is 0 Å². The molecule has 0 saturated carbocycles. The van der Waals surface area contributed by atoms with Crippen LogP contribution < -0.4 is 10.2 Å². The average Bonchev–Trinajstić information content (AvgIpc) is 2.42.